The van der Waals surface area contributed by atoms with Crippen LogP contribution < -0.4 is 0 Å². The van der Waals surface area contributed by atoms with Crippen molar-refractivity contribution in [2.45, 2.75) is 32.8 Å². The van der Waals surface area contributed by atoms with Crippen molar-refractivity contribution in [2.75, 3.05) is 33.7 Å². The molecule has 0 unspecified atom stereocenters. The van der Waals surface area contributed by atoms with Gasteiger partial charge in [-0.15, -0.1) is 0 Å². The molecule has 6 nitrogen and oxygen atoms in total. The summed E-state index contributed by atoms with van der Waals surface area (Å²) in [4.78, 5) is 27.5. The van der Waals surface area contributed by atoms with Gasteiger partial charge in [-0.1, -0.05) is 0 Å². The SMILES string of the molecule is Cc1cc(C(=O)OC2CCN(CC(=O)N(C)C)CC2)c(C)o1. The predicted molar refractivity (Wildman–Crippen MR) is 81.8 cm³/mol. The Bertz CT molecular complexity index is 542. The second kappa shape index (κ2) is 6.96. The number of hydrogen-bond acceptors (Lipinski definition) is 5. The number of nitrogens with zero attached hydrogens (tertiary/aromatic N) is 2. The zero-order chi connectivity index (χ0) is 16.3. The fourth-order valence-corrected chi connectivity index (χ4v) is 2.57. The fraction of sp³-hybridized carbons (Fsp3) is 0.625. The molecule has 1 aromatic rings. The van der Waals surface area contributed by atoms with Crippen molar-refractivity contribution in [1.29, 1.82) is 0 Å². The normalized spacial score (nSPS) is 16.5. The first kappa shape index (κ1) is 16.5. The van der Waals surface area contributed by atoms with Gasteiger partial charge < -0.3 is 14.1 Å². The molecule has 1 amide bonds. The lowest BCUT2D eigenvalue weighted by Gasteiger charge is -2.31. The molecule has 0 N–H and O–H groups in total. The van der Waals surface area contributed by atoms with Gasteiger partial charge in [0.25, 0.3) is 0 Å². The minimum absolute atomic E-state index is 0.0900. The number of aryl methyl sites for hydroxylation is 2. The van der Waals surface area contributed by atoms with Crippen molar-refractivity contribution in [1.82, 2.24) is 9.80 Å². The molecule has 2 rings (SSSR count). The number of furan rings is 1. The van der Waals surface area contributed by atoms with Gasteiger partial charge in [-0.05, 0) is 32.8 Å². The average Bonchev–Trinajstić information content (AvgIpc) is 2.79. The monoisotopic (exact) mass is 308 g/mol. The molecule has 0 spiro atoms. The molecule has 2 heterocycles. The smallest absolute Gasteiger partial charge is 0.341 e. The Morgan fingerprint density at radius 2 is 1.95 bits per heavy atom. The fourth-order valence-electron chi connectivity index (χ4n) is 2.57. The molecule has 1 saturated heterocycles. The number of likely N-dealkylation sites (tertiary alicyclic amines) is 1. The van der Waals surface area contributed by atoms with Gasteiger partial charge in [-0.3, -0.25) is 9.69 Å². The Morgan fingerprint density at radius 1 is 1.32 bits per heavy atom. The van der Waals surface area contributed by atoms with E-state index in [0.29, 0.717) is 23.6 Å². The van der Waals surface area contributed by atoms with E-state index in [-0.39, 0.29) is 18.0 Å². The Morgan fingerprint density at radius 3 is 2.45 bits per heavy atom. The van der Waals surface area contributed by atoms with E-state index < -0.39 is 0 Å². The van der Waals surface area contributed by atoms with Crippen LogP contribution in [0.1, 0.15) is 34.7 Å². The lowest BCUT2D eigenvalue weighted by molar-refractivity contribution is -0.130. The van der Waals surface area contributed by atoms with Crippen molar-refractivity contribution < 1.29 is 18.7 Å². The van der Waals surface area contributed by atoms with Gasteiger partial charge in [0.1, 0.15) is 23.2 Å². The minimum atomic E-state index is -0.322. The number of carbonyl (C=O) groups excluding carboxylic acids is 2. The number of hydrogen-bond donors (Lipinski definition) is 0. The van der Waals surface area contributed by atoms with Crippen LogP contribution in [-0.2, 0) is 9.53 Å². The van der Waals surface area contributed by atoms with E-state index in [4.69, 9.17) is 9.15 Å². The van der Waals surface area contributed by atoms with Crippen LogP contribution in [-0.4, -0.2) is 61.5 Å². The van der Waals surface area contributed by atoms with Crippen LogP contribution in [0.2, 0.25) is 0 Å². The highest BCUT2D eigenvalue weighted by Gasteiger charge is 2.25. The molecule has 1 aliphatic rings. The van der Waals surface area contributed by atoms with Crippen molar-refractivity contribution in [3.63, 3.8) is 0 Å². The van der Waals surface area contributed by atoms with Gasteiger partial charge in [0.2, 0.25) is 5.91 Å². The molecule has 0 radical (unpaired) electrons. The number of likely N-dealkylation sites (N-methyl/N-ethyl adjacent to an activating group) is 1. The second-order valence-electron chi connectivity index (χ2n) is 6.00. The summed E-state index contributed by atoms with van der Waals surface area (Å²) in [7, 11) is 3.51. The van der Waals surface area contributed by atoms with Crippen LogP contribution in [0.4, 0.5) is 0 Å². The maximum atomic E-state index is 12.1. The van der Waals surface area contributed by atoms with Gasteiger partial charge in [0.05, 0.1) is 6.54 Å². The highest BCUT2D eigenvalue weighted by Crippen LogP contribution is 2.19. The Kier molecular flexibility index (Phi) is 5.24. The van der Waals surface area contributed by atoms with E-state index in [2.05, 4.69) is 4.90 Å². The zero-order valence-corrected chi connectivity index (χ0v) is 13.7. The molecule has 22 heavy (non-hydrogen) atoms. The highest BCUT2D eigenvalue weighted by molar-refractivity contribution is 5.90. The lowest BCUT2D eigenvalue weighted by Crippen LogP contribution is -2.43. The Balaban J connectivity index is 1.81. The van der Waals surface area contributed by atoms with E-state index in [9.17, 15) is 9.59 Å². The summed E-state index contributed by atoms with van der Waals surface area (Å²) in [6.07, 6.45) is 1.41. The Hall–Kier alpha value is -1.82. The standard InChI is InChI=1S/C16H24N2O4/c1-11-9-14(12(2)21-11)16(20)22-13-5-7-18(8-6-13)10-15(19)17(3)4/h9,13H,5-8,10H2,1-4H3. The first-order chi connectivity index (χ1) is 10.4. The first-order valence-electron chi connectivity index (χ1n) is 7.57. The minimum Gasteiger partial charge on any atom is -0.466 e. The summed E-state index contributed by atoms with van der Waals surface area (Å²) in [5, 5.41) is 0. The van der Waals surface area contributed by atoms with E-state index in [1.165, 1.54) is 0 Å². The van der Waals surface area contributed by atoms with Crippen LogP contribution in [0, 0.1) is 13.8 Å². The van der Waals surface area contributed by atoms with Crippen molar-refractivity contribution >= 4 is 11.9 Å². The predicted octanol–water partition coefficient (Wildman–Crippen LogP) is 1.61. The van der Waals surface area contributed by atoms with Gasteiger partial charge in [0.15, 0.2) is 0 Å². The lowest BCUT2D eigenvalue weighted by atomic mass is 10.1. The third-order valence-electron chi connectivity index (χ3n) is 3.93. The number of carbonyl (C=O) groups is 2. The summed E-state index contributed by atoms with van der Waals surface area (Å²) in [5.41, 5.74) is 0.503. The molecule has 6 heteroatoms. The molecule has 0 aliphatic carbocycles. The summed E-state index contributed by atoms with van der Waals surface area (Å²) in [5.74, 6) is 1.08. The molecule has 0 atom stereocenters. The molecule has 1 fully saturated rings. The number of rotatable bonds is 4. The number of piperidine rings is 1. The van der Waals surface area contributed by atoms with E-state index >= 15 is 0 Å². The van der Waals surface area contributed by atoms with E-state index in [1.807, 2.05) is 6.92 Å². The van der Waals surface area contributed by atoms with Crippen LogP contribution >= 0.6 is 0 Å². The maximum absolute atomic E-state index is 12.1. The van der Waals surface area contributed by atoms with Crippen molar-refractivity contribution in [3.8, 4) is 0 Å². The zero-order valence-electron chi connectivity index (χ0n) is 13.7. The summed E-state index contributed by atoms with van der Waals surface area (Å²) in [6, 6.07) is 1.71. The third kappa shape index (κ3) is 4.10. The first-order valence-corrected chi connectivity index (χ1v) is 7.57. The van der Waals surface area contributed by atoms with Crippen LogP contribution in [0.5, 0.6) is 0 Å². The molecule has 1 aromatic heterocycles. The van der Waals surface area contributed by atoms with Crippen LogP contribution in [0.25, 0.3) is 0 Å². The number of ether oxygens (including phenoxy) is 1. The summed E-state index contributed by atoms with van der Waals surface area (Å²) >= 11 is 0. The molecular formula is C16H24N2O4. The summed E-state index contributed by atoms with van der Waals surface area (Å²) in [6.45, 7) is 5.53. The van der Waals surface area contributed by atoms with Crippen LogP contribution in [0.3, 0.4) is 0 Å². The number of amides is 1. The number of esters is 1. The topological polar surface area (TPSA) is 63.0 Å². The van der Waals surface area contributed by atoms with Gasteiger partial charge in [-0.2, -0.15) is 0 Å². The van der Waals surface area contributed by atoms with E-state index in [0.717, 1.165) is 25.9 Å². The molecule has 122 valence electrons. The molecular weight excluding hydrogens is 284 g/mol. The van der Waals surface area contributed by atoms with E-state index in [1.54, 1.807) is 32.0 Å². The maximum Gasteiger partial charge on any atom is 0.341 e. The third-order valence-corrected chi connectivity index (χ3v) is 3.93. The van der Waals surface area contributed by atoms with Crippen LogP contribution in [0.15, 0.2) is 10.5 Å². The molecule has 0 bridgehead atoms. The molecule has 1 aliphatic heterocycles. The van der Waals surface area contributed by atoms with Crippen molar-refractivity contribution in [2.24, 2.45) is 0 Å². The molecule has 0 saturated carbocycles. The quantitative estimate of drug-likeness (QED) is 0.791. The Labute approximate surface area is 131 Å². The molecule has 0 aromatic carbocycles. The average molecular weight is 308 g/mol. The van der Waals surface area contributed by atoms with Gasteiger partial charge >= 0.3 is 5.97 Å². The van der Waals surface area contributed by atoms with Gasteiger partial charge in [-0.25, -0.2) is 4.79 Å². The second-order valence-corrected chi connectivity index (χ2v) is 6.00. The highest BCUT2D eigenvalue weighted by atomic mass is 16.5. The largest absolute Gasteiger partial charge is 0.466 e. The summed E-state index contributed by atoms with van der Waals surface area (Å²) < 4.78 is 10.9. The van der Waals surface area contributed by atoms with Crippen molar-refractivity contribution in [3.05, 3.63) is 23.2 Å². The van der Waals surface area contributed by atoms with Gasteiger partial charge in [0, 0.05) is 27.2 Å².